The molecule has 1 aliphatic heterocycles. The highest BCUT2D eigenvalue weighted by atomic mass is 32.1. The number of amides is 1. The quantitative estimate of drug-likeness (QED) is 0.806. The van der Waals surface area contributed by atoms with Crippen LogP contribution in [0.4, 0.5) is 5.13 Å². The summed E-state index contributed by atoms with van der Waals surface area (Å²) >= 11 is 1.38. The second-order valence-corrected chi connectivity index (χ2v) is 4.88. The number of carbonyl (C=O) groups excluding carboxylic acids is 1. The van der Waals surface area contributed by atoms with E-state index in [-0.39, 0.29) is 11.9 Å². The molecule has 1 atom stereocenters. The Morgan fingerprint density at radius 3 is 3.11 bits per heavy atom. The Bertz CT molecular complexity index is 408. The Hall–Kier alpha value is -1.21. The van der Waals surface area contributed by atoms with Gasteiger partial charge in [0.1, 0.15) is 11.9 Å². The maximum Gasteiger partial charge on any atom is 0.244 e. The van der Waals surface area contributed by atoms with E-state index in [1.807, 2.05) is 13.8 Å². The highest BCUT2D eigenvalue weighted by molar-refractivity contribution is 7.09. The third-order valence-corrected chi connectivity index (χ3v) is 3.71. The summed E-state index contributed by atoms with van der Waals surface area (Å²) in [6, 6.07) is -0.184. The maximum absolute atomic E-state index is 12.0. The monoisotopic (exact) mass is 269 g/mol. The number of rotatable bonds is 4. The summed E-state index contributed by atoms with van der Waals surface area (Å²) in [5, 5.41) is 6.97. The summed E-state index contributed by atoms with van der Waals surface area (Å²) in [5.74, 6) is 0.904. The number of aromatic nitrogens is 2. The van der Waals surface area contributed by atoms with Gasteiger partial charge in [-0.25, -0.2) is 4.98 Å². The molecule has 1 aromatic rings. The smallest absolute Gasteiger partial charge is 0.244 e. The molecule has 1 fully saturated rings. The lowest BCUT2D eigenvalue weighted by Gasteiger charge is -2.34. The van der Waals surface area contributed by atoms with E-state index in [9.17, 15) is 4.79 Å². The predicted octanol–water partition coefficient (Wildman–Crippen LogP) is 0.0148. The summed E-state index contributed by atoms with van der Waals surface area (Å²) in [7, 11) is 0. The minimum Gasteiger partial charge on any atom is -0.355 e. The van der Waals surface area contributed by atoms with Crippen LogP contribution in [0.5, 0.6) is 0 Å². The number of nitrogens with one attached hydrogen (secondary N) is 2. The van der Waals surface area contributed by atoms with Crippen LogP contribution in [0.3, 0.4) is 0 Å². The first-order valence-corrected chi connectivity index (χ1v) is 7.11. The molecule has 1 aromatic heterocycles. The van der Waals surface area contributed by atoms with Gasteiger partial charge < -0.3 is 15.5 Å². The molecule has 2 N–H and O–H groups in total. The second kappa shape index (κ2) is 6.10. The molecule has 1 unspecified atom stereocenters. The van der Waals surface area contributed by atoms with Crippen LogP contribution in [0, 0.1) is 0 Å². The topological polar surface area (TPSA) is 70.2 Å². The molecule has 6 nitrogen and oxygen atoms in total. The van der Waals surface area contributed by atoms with Crippen LogP contribution in [0.1, 0.15) is 19.7 Å². The number of hydrogen-bond donors (Lipinski definition) is 2. The van der Waals surface area contributed by atoms with Crippen LogP contribution in [0.15, 0.2) is 0 Å². The lowest BCUT2D eigenvalue weighted by atomic mass is 10.2. The van der Waals surface area contributed by atoms with Crippen molar-refractivity contribution in [2.45, 2.75) is 26.3 Å². The summed E-state index contributed by atoms with van der Waals surface area (Å²) in [4.78, 5) is 18.5. The van der Waals surface area contributed by atoms with E-state index in [1.165, 1.54) is 11.5 Å². The van der Waals surface area contributed by atoms with Crippen molar-refractivity contribution in [2.24, 2.45) is 0 Å². The molecule has 0 radical (unpaired) electrons. The number of carbonyl (C=O) groups is 1. The van der Waals surface area contributed by atoms with Crippen molar-refractivity contribution in [3.05, 3.63) is 5.82 Å². The van der Waals surface area contributed by atoms with Crippen molar-refractivity contribution in [1.29, 1.82) is 0 Å². The van der Waals surface area contributed by atoms with Crippen LogP contribution in [-0.4, -0.2) is 47.5 Å². The predicted molar refractivity (Wildman–Crippen MR) is 72.0 cm³/mol. The fourth-order valence-electron chi connectivity index (χ4n) is 1.96. The van der Waals surface area contributed by atoms with Gasteiger partial charge in [-0.1, -0.05) is 6.92 Å². The summed E-state index contributed by atoms with van der Waals surface area (Å²) in [5.41, 5.74) is 0. The summed E-state index contributed by atoms with van der Waals surface area (Å²) in [6.45, 7) is 6.94. The maximum atomic E-state index is 12.0. The summed E-state index contributed by atoms with van der Waals surface area (Å²) in [6.07, 6.45) is 0.828. The molecule has 2 rings (SSSR count). The fraction of sp³-hybridized carbons (Fsp3) is 0.727. The molecule has 1 aliphatic rings. The van der Waals surface area contributed by atoms with Gasteiger partial charge in [0, 0.05) is 44.1 Å². The van der Waals surface area contributed by atoms with E-state index in [4.69, 9.17) is 0 Å². The van der Waals surface area contributed by atoms with E-state index >= 15 is 0 Å². The molecule has 7 heteroatoms. The first-order valence-electron chi connectivity index (χ1n) is 6.34. The molecule has 0 saturated carbocycles. The van der Waals surface area contributed by atoms with E-state index in [2.05, 4.69) is 24.9 Å². The first kappa shape index (κ1) is 13.2. The molecular weight excluding hydrogens is 250 g/mol. The summed E-state index contributed by atoms with van der Waals surface area (Å²) < 4.78 is 4.29. The first-order chi connectivity index (χ1) is 8.76. The SMILES string of the molecule is CCNC(=O)C1CNCCN1c1nc(CC)ns1. The highest BCUT2D eigenvalue weighted by Crippen LogP contribution is 2.21. The van der Waals surface area contributed by atoms with Crippen LogP contribution < -0.4 is 15.5 Å². The Labute approximate surface area is 111 Å². The van der Waals surface area contributed by atoms with Crippen molar-refractivity contribution in [2.75, 3.05) is 31.1 Å². The molecule has 18 heavy (non-hydrogen) atoms. The van der Waals surface area contributed by atoms with Crippen molar-refractivity contribution in [3.63, 3.8) is 0 Å². The molecule has 100 valence electrons. The molecule has 1 amide bonds. The molecule has 0 bridgehead atoms. The van der Waals surface area contributed by atoms with E-state index in [0.29, 0.717) is 13.1 Å². The zero-order chi connectivity index (χ0) is 13.0. The van der Waals surface area contributed by atoms with Gasteiger partial charge in [0.05, 0.1) is 0 Å². The van der Waals surface area contributed by atoms with Crippen molar-refractivity contribution < 1.29 is 4.79 Å². The van der Waals surface area contributed by atoms with Gasteiger partial charge in [-0.15, -0.1) is 0 Å². The molecule has 2 heterocycles. The van der Waals surface area contributed by atoms with Gasteiger partial charge in [0.25, 0.3) is 0 Å². The second-order valence-electron chi connectivity index (χ2n) is 4.15. The average Bonchev–Trinajstić information content (AvgIpc) is 2.87. The van der Waals surface area contributed by atoms with E-state index in [0.717, 1.165) is 30.5 Å². The normalized spacial score (nSPS) is 19.9. The van der Waals surface area contributed by atoms with Gasteiger partial charge in [-0.2, -0.15) is 4.37 Å². The lowest BCUT2D eigenvalue weighted by molar-refractivity contribution is -0.122. The number of nitrogens with zero attached hydrogens (tertiary/aromatic N) is 3. The van der Waals surface area contributed by atoms with Crippen LogP contribution >= 0.6 is 11.5 Å². The molecule has 0 aromatic carbocycles. The number of piperazine rings is 1. The molecule has 1 saturated heterocycles. The van der Waals surface area contributed by atoms with E-state index < -0.39 is 0 Å². The zero-order valence-corrected chi connectivity index (χ0v) is 11.6. The van der Waals surface area contributed by atoms with Crippen molar-refractivity contribution in [1.82, 2.24) is 20.0 Å². The lowest BCUT2D eigenvalue weighted by Crippen LogP contribution is -2.58. The van der Waals surface area contributed by atoms with Gasteiger partial charge in [0.2, 0.25) is 11.0 Å². The Morgan fingerprint density at radius 1 is 1.61 bits per heavy atom. The molecule has 0 spiro atoms. The standard InChI is InChI=1S/C11H19N5OS/c1-3-9-14-11(18-15-9)16-6-5-12-7-8(16)10(17)13-4-2/h8,12H,3-7H2,1-2H3,(H,13,17). The minimum atomic E-state index is -0.184. The van der Waals surface area contributed by atoms with Gasteiger partial charge in [-0.3, -0.25) is 4.79 Å². The molecular formula is C11H19N5OS. The average molecular weight is 269 g/mol. The Kier molecular flexibility index (Phi) is 4.48. The highest BCUT2D eigenvalue weighted by Gasteiger charge is 2.30. The zero-order valence-electron chi connectivity index (χ0n) is 10.8. The third-order valence-electron chi connectivity index (χ3n) is 2.92. The Morgan fingerprint density at radius 2 is 2.44 bits per heavy atom. The van der Waals surface area contributed by atoms with Gasteiger partial charge in [0.15, 0.2) is 0 Å². The largest absolute Gasteiger partial charge is 0.355 e. The van der Waals surface area contributed by atoms with Crippen molar-refractivity contribution in [3.8, 4) is 0 Å². The van der Waals surface area contributed by atoms with Crippen LogP contribution in [-0.2, 0) is 11.2 Å². The van der Waals surface area contributed by atoms with Crippen LogP contribution in [0.2, 0.25) is 0 Å². The van der Waals surface area contributed by atoms with Crippen molar-refractivity contribution >= 4 is 22.6 Å². The number of anilines is 1. The third kappa shape index (κ3) is 2.78. The number of aryl methyl sites for hydroxylation is 1. The van der Waals surface area contributed by atoms with Gasteiger partial charge in [-0.05, 0) is 6.92 Å². The van der Waals surface area contributed by atoms with Gasteiger partial charge >= 0.3 is 0 Å². The molecule has 0 aliphatic carbocycles. The minimum absolute atomic E-state index is 0.0537. The van der Waals surface area contributed by atoms with Crippen LogP contribution in [0.25, 0.3) is 0 Å². The number of likely N-dealkylation sites (N-methyl/N-ethyl adjacent to an activating group) is 1. The fourth-order valence-corrected chi connectivity index (χ4v) is 2.79. The Balaban J connectivity index is 2.14. The van der Waals surface area contributed by atoms with E-state index in [1.54, 1.807) is 0 Å². The number of hydrogen-bond acceptors (Lipinski definition) is 6.